The van der Waals surface area contributed by atoms with Crippen molar-refractivity contribution in [2.24, 2.45) is 5.41 Å². The molecule has 84 valence electrons. The fourth-order valence-electron chi connectivity index (χ4n) is 1.40. The molecule has 3 nitrogen and oxygen atoms in total. The molecule has 0 aliphatic rings. The highest BCUT2D eigenvalue weighted by molar-refractivity contribution is 5.78. The van der Waals surface area contributed by atoms with Crippen LogP contribution < -0.4 is 5.32 Å². The van der Waals surface area contributed by atoms with Gasteiger partial charge in [0.15, 0.2) is 0 Å². The second kappa shape index (κ2) is 4.08. The average Bonchev–Trinajstić information content (AvgIpc) is 2.25. The molecular weight excluding hydrogens is 198 g/mol. The topological polar surface area (TPSA) is 37.8 Å². The summed E-state index contributed by atoms with van der Waals surface area (Å²) in [6, 6.07) is 8.00. The fourth-order valence-corrected chi connectivity index (χ4v) is 1.40. The van der Waals surface area contributed by atoms with E-state index in [4.69, 9.17) is 0 Å². The Morgan fingerprint density at radius 3 is 2.69 bits per heavy atom. The quantitative estimate of drug-likeness (QED) is 0.836. The predicted octanol–water partition coefficient (Wildman–Crippen LogP) is 3.09. The van der Waals surface area contributed by atoms with Gasteiger partial charge in [-0.15, -0.1) is 0 Å². The minimum atomic E-state index is 0.231. The number of aromatic nitrogens is 2. The zero-order chi connectivity index (χ0) is 11.6. The van der Waals surface area contributed by atoms with E-state index >= 15 is 0 Å². The Morgan fingerprint density at radius 2 is 1.94 bits per heavy atom. The molecule has 16 heavy (non-hydrogen) atoms. The maximum absolute atomic E-state index is 4.46. The molecule has 0 aliphatic carbocycles. The van der Waals surface area contributed by atoms with Crippen molar-refractivity contribution in [1.29, 1.82) is 0 Å². The molecule has 0 bridgehead atoms. The number of hydrogen-bond acceptors (Lipinski definition) is 3. The van der Waals surface area contributed by atoms with Crippen molar-refractivity contribution >= 4 is 16.9 Å². The standard InChI is InChI=1S/C13H17N3/c1-13(2,3)9-15-12-14-8-10-6-4-5-7-11(10)16-12/h4-8H,9H2,1-3H3,(H,14,15,16). The molecule has 1 aromatic heterocycles. The zero-order valence-corrected chi connectivity index (χ0v) is 9.99. The Kier molecular flexibility index (Phi) is 2.77. The number of anilines is 1. The maximum Gasteiger partial charge on any atom is 0.223 e. The van der Waals surface area contributed by atoms with Crippen LogP contribution in [0.2, 0.25) is 0 Å². The lowest BCUT2D eigenvalue weighted by atomic mass is 9.97. The second-order valence-electron chi connectivity index (χ2n) is 5.17. The summed E-state index contributed by atoms with van der Waals surface area (Å²) in [4.78, 5) is 8.74. The summed E-state index contributed by atoms with van der Waals surface area (Å²) in [5.74, 6) is 0.702. The number of nitrogens with one attached hydrogen (secondary N) is 1. The molecule has 0 atom stereocenters. The molecule has 0 amide bonds. The van der Waals surface area contributed by atoms with Gasteiger partial charge in [0.25, 0.3) is 0 Å². The van der Waals surface area contributed by atoms with Crippen LogP contribution in [-0.2, 0) is 0 Å². The van der Waals surface area contributed by atoms with Crippen molar-refractivity contribution < 1.29 is 0 Å². The van der Waals surface area contributed by atoms with E-state index < -0.39 is 0 Å². The predicted molar refractivity (Wildman–Crippen MR) is 67.5 cm³/mol. The lowest BCUT2D eigenvalue weighted by molar-refractivity contribution is 0.442. The largest absolute Gasteiger partial charge is 0.354 e. The van der Waals surface area contributed by atoms with Crippen molar-refractivity contribution in [2.75, 3.05) is 11.9 Å². The normalized spacial score (nSPS) is 11.7. The smallest absolute Gasteiger partial charge is 0.223 e. The molecule has 2 aromatic rings. The maximum atomic E-state index is 4.46. The first-order valence-electron chi connectivity index (χ1n) is 5.50. The number of rotatable bonds is 2. The van der Waals surface area contributed by atoms with Gasteiger partial charge in [0, 0.05) is 18.1 Å². The molecule has 1 N–H and O–H groups in total. The number of benzene rings is 1. The third kappa shape index (κ3) is 2.69. The van der Waals surface area contributed by atoms with Crippen molar-refractivity contribution in [3.05, 3.63) is 30.5 Å². The van der Waals surface area contributed by atoms with Gasteiger partial charge in [-0.25, -0.2) is 9.97 Å². The van der Waals surface area contributed by atoms with E-state index in [1.165, 1.54) is 0 Å². The Balaban J connectivity index is 2.20. The molecule has 0 saturated heterocycles. The van der Waals surface area contributed by atoms with Crippen LogP contribution in [0.5, 0.6) is 0 Å². The van der Waals surface area contributed by atoms with E-state index in [1.807, 2.05) is 30.5 Å². The molecular formula is C13H17N3. The molecule has 0 aliphatic heterocycles. The van der Waals surface area contributed by atoms with Crippen molar-refractivity contribution in [3.8, 4) is 0 Å². The van der Waals surface area contributed by atoms with E-state index in [9.17, 15) is 0 Å². The summed E-state index contributed by atoms with van der Waals surface area (Å²) in [6.07, 6.45) is 1.85. The van der Waals surface area contributed by atoms with Gasteiger partial charge in [0.05, 0.1) is 5.52 Å². The number of hydrogen-bond donors (Lipinski definition) is 1. The van der Waals surface area contributed by atoms with Crippen LogP contribution in [0.3, 0.4) is 0 Å². The fraction of sp³-hybridized carbons (Fsp3) is 0.385. The van der Waals surface area contributed by atoms with Crippen LogP contribution in [0.1, 0.15) is 20.8 Å². The number of para-hydroxylation sites is 1. The summed E-state index contributed by atoms with van der Waals surface area (Å²) < 4.78 is 0. The lowest BCUT2D eigenvalue weighted by Crippen LogP contribution is -2.20. The van der Waals surface area contributed by atoms with Crippen LogP contribution in [0.25, 0.3) is 10.9 Å². The Labute approximate surface area is 95.9 Å². The highest BCUT2D eigenvalue weighted by Crippen LogP contribution is 2.15. The van der Waals surface area contributed by atoms with E-state index in [0.29, 0.717) is 5.95 Å². The summed E-state index contributed by atoms with van der Waals surface area (Å²) in [6.45, 7) is 7.41. The van der Waals surface area contributed by atoms with E-state index in [0.717, 1.165) is 17.4 Å². The first-order valence-corrected chi connectivity index (χ1v) is 5.50. The Bertz CT molecular complexity index is 486. The molecule has 0 saturated carbocycles. The Hall–Kier alpha value is -1.64. The van der Waals surface area contributed by atoms with E-state index in [-0.39, 0.29) is 5.41 Å². The first-order chi connectivity index (χ1) is 7.54. The summed E-state index contributed by atoms with van der Waals surface area (Å²) in [5, 5.41) is 4.33. The summed E-state index contributed by atoms with van der Waals surface area (Å²) >= 11 is 0. The minimum absolute atomic E-state index is 0.231. The van der Waals surface area contributed by atoms with Gasteiger partial charge >= 0.3 is 0 Å². The third-order valence-electron chi connectivity index (χ3n) is 2.27. The highest BCUT2D eigenvalue weighted by Gasteiger charge is 2.10. The van der Waals surface area contributed by atoms with Crippen molar-refractivity contribution in [2.45, 2.75) is 20.8 Å². The van der Waals surface area contributed by atoms with Crippen molar-refractivity contribution in [3.63, 3.8) is 0 Å². The van der Waals surface area contributed by atoms with Gasteiger partial charge in [-0.05, 0) is 11.5 Å². The van der Waals surface area contributed by atoms with Gasteiger partial charge in [-0.3, -0.25) is 0 Å². The minimum Gasteiger partial charge on any atom is -0.354 e. The summed E-state index contributed by atoms with van der Waals surface area (Å²) in [7, 11) is 0. The number of nitrogens with zero attached hydrogens (tertiary/aromatic N) is 2. The number of fused-ring (bicyclic) bond motifs is 1. The highest BCUT2D eigenvalue weighted by atomic mass is 15.1. The average molecular weight is 215 g/mol. The molecule has 1 aromatic carbocycles. The SMILES string of the molecule is CC(C)(C)CNc1ncc2ccccc2n1. The second-order valence-corrected chi connectivity index (χ2v) is 5.17. The van der Waals surface area contributed by atoms with E-state index in [1.54, 1.807) is 0 Å². The van der Waals surface area contributed by atoms with Crippen LogP contribution in [-0.4, -0.2) is 16.5 Å². The lowest BCUT2D eigenvalue weighted by Gasteiger charge is -2.18. The van der Waals surface area contributed by atoms with Crippen LogP contribution in [0, 0.1) is 5.41 Å². The third-order valence-corrected chi connectivity index (χ3v) is 2.27. The molecule has 0 radical (unpaired) electrons. The van der Waals surface area contributed by atoms with E-state index in [2.05, 4.69) is 36.1 Å². The van der Waals surface area contributed by atoms with Gasteiger partial charge < -0.3 is 5.32 Å². The van der Waals surface area contributed by atoms with Gasteiger partial charge in [-0.1, -0.05) is 39.0 Å². The molecule has 3 heteroatoms. The van der Waals surface area contributed by atoms with Gasteiger partial charge in [0.2, 0.25) is 5.95 Å². The first kappa shape index (κ1) is 10.9. The molecule has 0 unspecified atom stereocenters. The van der Waals surface area contributed by atoms with Crippen LogP contribution in [0.4, 0.5) is 5.95 Å². The van der Waals surface area contributed by atoms with Crippen molar-refractivity contribution in [1.82, 2.24) is 9.97 Å². The summed E-state index contributed by atoms with van der Waals surface area (Å²) in [5.41, 5.74) is 1.21. The van der Waals surface area contributed by atoms with Crippen LogP contribution in [0.15, 0.2) is 30.5 Å². The molecule has 0 fully saturated rings. The molecule has 0 spiro atoms. The zero-order valence-electron chi connectivity index (χ0n) is 9.99. The monoisotopic (exact) mass is 215 g/mol. The van der Waals surface area contributed by atoms with Crippen LogP contribution >= 0.6 is 0 Å². The Morgan fingerprint density at radius 1 is 1.19 bits per heavy atom. The molecule has 1 heterocycles. The van der Waals surface area contributed by atoms with Gasteiger partial charge in [0.1, 0.15) is 0 Å². The molecule has 2 rings (SSSR count). The van der Waals surface area contributed by atoms with Gasteiger partial charge in [-0.2, -0.15) is 0 Å².